The fourth-order valence-corrected chi connectivity index (χ4v) is 4.86. The molecule has 3 heterocycles. The molecule has 2 aromatic heterocycles. The van der Waals surface area contributed by atoms with E-state index in [4.69, 9.17) is 9.72 Å². The third-order valence-electron chi connectivity index (χ3n) is 5.13. The van der Waals surface area contributed by atoms with E-state index in [1.165, 1.54) is 41.3 Å². The van der Waals surface area contributed by atoms with Crippen LogP contribution in [0.1, 0.15) is 46.5 Å². The van der Waals surface area contributed by atoms with Crippen LogP contribution in [0, 0.1) is 0 Å². The van der Waals surface area contributed by atoms with E-state index in [1.54, 1.807) is 6.33 Å². The smallest absolute Gasteiger partial charge is 0.129 e. The number of nitrogens with zero attached hydrogens (tertiary/aromatic N) is 4. The molecule has 0 saturated carbocycles. The maximum atomic E-state index is 5.46. The topological polar surface area (TPSA) is 63.2 Å². The van der Waals surface area contributed by atoms with Crippen LogP contribution < -0.4 is 5.32 Å². The van der Waals surface area contributed by atoms with Gasteiger partial charge in [0.05, 0.1) is 24.5 Å². The van der Waals surface area contributed by atoms with Crippen molar-refractivity contribution in [3.8, 4) is 0 Å². The SMILES string of the molecule is CN(CCNc1cc([C@H]2CCOC2)ncn1)Cc1nc2c(s1)CCCC2. The molecule has 26 heavy (non-hydrogen) atoms. The Morgan fingerprint density at radius 1 is 1.31 bits per heavy atom. The molecule has 6 nitrogen and oxygen atoms in total. The van der Waals surface area contributed by atoms with Gasteiger partial charge >= 0.3 is 0 Å². The molecule has 0 radical (unpaired) electrons. The molecule has 140 valence electrons. The average Bonchev–Trinajstić information content (AvgIpc) is 3.31. The van der Waals surface area contributed by atoms with E-state index in [0.717, 1.165) is 50.8 Å². The van der Waals surface area contributed by atoms with Crippen LogP contribution in [0.15, 0.2) is 12.4 Å². The second-order valence-electron chi connectivity index (χ2n) is 7.24. The summed E-state index contributed by atoms with van der Waals surface area (Å²) < 4.78 is 5.46. The Kier molecular flexibility index (Phi) is 5.77. The van der Waals surface area contributed by atoms with Crippen LogP contribution in [0.4, 0.5) is 5.82 Å². The van der Waals surface area contributed by atoms with Gasteiger partial charge in [-0.3, -0.25) is 4.90 Å². The largest absolute Gasteiger partial charge is 0.381 e. The number of hydrogen-bond acceptors (Lipinski definition) is 7. The molecule has 1 saturated heterocycles. The van der Waals surface area contributed by atoms with Gasteiger partial charge in [-0.05, 0) is 39.2 Å². The number of hydrogen-bond donors (Lipinski definition) is 1. The standard InChI is InChI=1S/C19H27N5OS/c1-24(11-19-23-15-4-2-3-5-17(15)26-19)8-7-20-18-10-16(21-13-22-18)14-6-9-25-12-14/h10,13-14H,2-9,11-12H2,1H3,(H,20,21,22)/t14-/m0/s1. The molecular weight excluding hydrogens is 346 g/mol. The lowest BCUT2D eigenvalue weighted by atomic mass is 10.0. The molecule has 0 unspecified atom stereocenters. The summed E-state index contributed by atoms with van der Waals surface area (Å²) in [4.78, 5) is 17.4. The first-order valence-corrected chi connectivity index (χ1v) is 10.4. The van der Waals surface area contributed by atoms with Gasteiger partial charge in [-0.2, -0.15) is 0 Å². The van der Waals surface area contributed by atoms with Crippen molar-refractivity contribution in [2.75, 3.05) is 38.7 Å². The van der Waals surface area contributed by atoms with Gasteiger partial charge in [0.25, 0.3) is 0 Å². The number of fused-ring (bicyclic) bond motifs is 1. The molecule has 0 aromatic carbocycles. The van der Waals surface area contributed by atoms with Gasteiger partial charge in [0, 0.05) is 36.6 Å². The summed E-state index contributed by atoms with van der Waals surface area (Å²) in [5.41, 5.74) is 2.44. The van der Waals surface area contributed by atoms with E-state index >= 15 is 0 Å². The first-order valence-electron chi connectivity index (χ1n) is 9.57. The van der Waals surface area contributed by atoms with Crippen LogP contribution in [0.2, 0.25) is 0 Å². The van der Waals surface area contributed by atoms with Gasteiger partial charge in [-0.25, -0.2) is 15.0 Å². The van der Waals surface area contributed by atoms with Gasteiger partial charge in [0.1, 0.15) is 17.2 Å². The summed E-state index contributed by atoms with van der Waals surface area (Å²) in [5.74, 6) is 1.32. The fraction of sp³-hybridized carbons (Fsp3) is 0.632. The van der Waals surface area contributed by atoms with E-state index in [2.05, 4.69) is 33.3 Å². The lowest BCUT2D eigenvalue weighted by Gasteiger charge is -2.16. The van der Waals surface area contributed by atoms with Gasteiger partial charge < -0.3 is 10.1 Å². The van der Waals surface area contributed by atoms with E-state index < -0.39 is 0 Å². The minimum Gasteiger partial charge on any atom is -0.381 e. The Hall–Kier alpha value is -1.57. The Morgan fingerprint density at radius 2 is 2.23 bits per heavy atom. The van der Waals surface area contributed by atoms with Crippen molar-refractivity contribution in [3.63, 3.8) is 0 Å². The van der Waals surface area contributed by atoms with Crippen LogP contribution in [0.5, 0.6) is 0 Å². The number of ether oxygens (including phenoxy) is 1. The number of thiazole rings is 1. The Bertz CT molecular complexity index is 705. The highest BCUT2D eigenvalue weighted by Crippen LogP contribution is 2.27. The predicted molar refractivity (Wildman–Crippen MR) is 104 cm³/mol. The van der Waals surface area contributed by atoms with E-state index in [1.807, 2.05) is 11.3 Å². The van der Waals surface area contributed by atoms with Crippen molar-refractivity contribution in [2.24, 2.45) is 0 Å². The molecule has 0 amide bonds. The summed E-state index contributed by atoms with van der Waals surface area (Å²) in [6, 6.07) is 2.06. The summed E-state index contributed by atoms with van der Waals surface area (Å²) in [7, 11) is 2.16. The Morgan fingerprint density at radius 3 is 3.08 bits per heavy atom. The van der Waals surface area contributed by atoms with Crippen molar-refractivity contribution < 1.29 is 4.74 Å². The van der Waals surface area contributed by atoms with Gasteiger partial charge in [0.15, 0.2) is 0 Å². The van der Waals surface area contributed by atoms with E-state index in [-0.39, 0.29) is 0 Å². The van der Waals surface area contributed by atoms with Crippen molar-refractivity contribution >= 4 is 17.2 Å². The van der Waals surface area contributed by atoms with Crippen LogP contribution in [-0.2, 0) is 24.1 Å². The average molecular weight is 374 g/mol. The lowest BCUT2D eigenvalue weighted by molar-refractivity contribution is 0.193. The molecule has 1 fully saturated rings. The number of nitrogens with one attached hydrogen (secondary N) is 1. The maximum absolute atomic E-state index is 5.46. The molecule has 2 aliphatic rings. The lowest BCUT2D eigenvalue weighted by Crippen LogP contribution is -2.25. The van der Waals surface area contributed by atoms with Crippen molar-refractivity contribution in [1.82, 2.24) is 19.9 Å². The third kappa shape index (κ3) is 4.39. The fourth-order valence-electron chi connectivity index (χ4n) is 3.62. The second kappa shape index (κ2) is 8.41. The number of likely N-dealkylation sites (N-methyl/N-ethyl adjacent to an activating group) is 1. The first kappa shape index (κ1) is 17.8. The molecule has 0 spiro atoms. The summed E-state index contributed by atoms with van der Waals surface area (Å²) in [6.45, 7) is 4.35. The summed E-state index contributed by atoms with van der Waals surface area (Å²) >= 11 is 1.90. The van der Waals surface area contributed by atoms with E-state index in [0.29, 0.717) is 5.92 Å². The molecule has 7 heteroatoms. The van der Waals surface area contributed by atoms with Crippen LogP contribution in [0.3, 0.4) is 0 Å². The Labute approximate surface area is 159 Å². The van der Waals surface area contributed by atoms with Gasteiger partial charge in [-0.1, -0.05) is 0 Å². The zero-order chi connectivity index (χ0) is 17.8. The highest BCUT2D eigenvalue weighted by atomic mass is 32.1. The van der Waals surface area contributed by atoms with E-state index in [9.17, 15) is 0 Å². The summed E-state index contributed by atoms with van der Waals surface area (Å²) in [6.07, 6.45) is 7.71. The highest BCUT2D eigenvalue weighted by Gasteiger charge is 2.19. The Balaban J connectivity index is 1.25. The molecule has 1 N–H and O–H groups in total. The number of aromatic nitrogens is 3. The zero-order valence-electron chi connectivity index (χ0n) is 15.4. The third-order valence-corrected chi connectivity index (χ3v) is 6.27. The molecular formula is C19H27N5OS. The van der Waals surface area contributed by atoms with Crippen LogP contribution in [-0.4, -0.2) is 53.2 Å². The van der Waals surface area contributed by atoms with Crippen molar-refractivity contribution in [2.45, 2.75) is 44.6 Å². The highest BCUT2D eigenvalue weighted by molar-refractivity contribution is 7.11. The predicted octanol–water partition coefficient (Wildman–Crippen LogP) is 2.86. The van der Waals surface area contributed by atoms with Gasteiger partial charge in [0.2, 0.25) is 0 Å². The molecule has 1 aliphatic carbocycles. The normalized spacial score (nSPS) is 19.7. The van der Waals surface area contributed by atoms with Crippen LogP contribution >= 0.6 is 11.3 Å². The molecule has 1 aliphatic heterocycles. The van der Waals surface area contributed by atoms with Crippen LogP contribution in [0.25, 0.3) is 0 Å². The molecule has 0 bridgehead atoms. The zero-order valence-corrected chi connectivity index (χ0v) is 16.2. The quantitative estimate of drug-likeness (QED) is 0.805. The summed E-state index contributed by atoms with van der Waals surface area (Å²) in [5, 5.41) is 4.68. The molecule has 4 rings (SSSR count). The van der Waals surface area contributed by atoms with Crippen molar-refractivity contribution in [3.05, 3.63) is 33.7 Å². The first-order chi connectivity index (χ1) is 12.8. The molecule has 1 atom stereocenters. The number of aryl methyl sites for hydroxylation is 2. The van der Waals surface area contributed by atoms with Crippen molar-refractivity contribution in [1.29, 1.82) is 0 Å². The van der Waals surface area contributed by atoms with Gasteiger partial charge in [-0.15, -0.1) is 11.3 Å². The second-order valence-corrected chi connectivity index (χ2v) is 8.41. The number of rotatable bonds is 7. The maximum Gasteiger partial charge on any atom is 0.129 e. The molecule has 2 aromatic rings. The number of anilines is 1. The monoisotopic (exact) mass is 373 g/mol. The minimum atomic E-state index is 0.414. The minimum absolute atomic E-state index is 0.414.